The lowest BCUT2D eigenvalue weighted by molar-refractivity contribution is -0.140. The van der Waals surface area contributed by atoms with Gasteiger partial charge < -0.3 is 20.3 Å². The molecule has 1 aromatic carbocycles. The highest BCUT2D eigenvalue weighted by atomic mass is 19.1. The predicted octanol–water partition coefficient (Wildman–Crippen LogP) is -0.339. The zero-order chi connectivity index (χ0) is 23.9. The first-order chi connectivity index (χ1) is 15.7. The van der Waals surface area contributed by atoms with E-state index >= 15 is 0 Å². The number of nitrogens with zero attached hydrogens (tertiary/aromatic N) is 2. The van der Waals surface area contributed by atoms with E-state index in [4.69, 9.17) is 4.74 Å². The molecule has 2 aliphatic rings. The lowest BCUT2D eigenvalue weighted by Crippen LogP contribution is -2.58. The minimum absolute atomic E-state index is 0.0317. The summed E-state index contributed by atoms with van der Waals surface area (Å²) in [6, 6.07) is 5.91. The highest BCUT2D eigenvalue weighted by Gasteiger charge is 2.41. The summed E-state index contributed by atoms with van der Waals surface area (Å²) in [6.07, 6.45) is 2.00. The van der Waals surface area contributed by atoms with E-state index in [0.29, 0.717) is 12.0 Å². The Morgan fingerprint density at radius 3 is 2.64 bits per heavy atom. The number of rotatable bonds is 5. The quantitative estimate of drug-likeness (QED) is 0.566. The normalized spacial score (nSPS) is 18.9. The maximum atomic E-state index is 13.3. The molecule has 9 nitrogen and oxygen atoms in total. The van der Waals surface area contributed by atoms with Crippen molar-refractivity contribution in [3.8, 4) is 5.75 Å². The van der Waals surface area contributed by atoms with E-state index in [1.165, 1.54) is 36.9 Å². The number of Topliss-reactive ketones (excluding diaryl/α,β-unsaturated/α-hetero) is 1. The number of pyridine rings is 1. The van der Waals surface area contributed by atoms with Crippen molar-refractivity contribution >= 4 is 17.4 Å². The van der Waals surface area contributed by atoms with Crippen molar-refractivity contribution in [1.29, 1.82) is 0 Å². The van der Waals surface area contributed by atoms with Crippen LogP contribution in [-0.4, -0.2) is 45.7 Å². The van der Waals surface area contributed by atoms with E-state index in [2.05, 4.69) is 10.3 Å². The zero-order valence-electron chi connectivity index (χ0n) is 18.0. The first-order valence-electron chi connectivity index (χ1n) is 10.2. The molecule has 0 unspecified atom stereocenters. The third-order valence-corrected chi connectivity index (χ3v) is 5.78. The van der Waals surface area contributed by atoms with Crippen LogP contribution in [0.15, 0.2) is 45.8 Å². The lowest BCUT2D eigenvalue weighted by atomic mass is 9.97. The van der Waals surface area contributed by atoms with Crippen LogP contribution in [0.4, 0.5) is 4.39 Å². The van der Waals surface area contributed by atoms with E-state index in [-0.39, 0.29) is 35.2 Å². The van der Waals surface area contributed by atoms with Gasteiger partial charge in [0.2, 0.25) is 5.78 Å². The minimum Gasteiger partial charge on any atom is -0.505 e. The molecule has 33 heavy (non-hydrogen) atoms. The Bertz CT molecular complexity index is 1380. The minimum atomic E-state index is -1.57. The molecule has 0 spiro atoms. The molecule has 0 radical (unpaired) electrons. The molecule has 0 fully saturated rings. The second-order valence-electron chi connectivity index (χ2n) is 8.13. The van der Waals surface area contributed by atoms with Gasteiger partial charge >= 0.3 is 0 Å². The monoisotopic (exact) mass is 455 g/mol. The van der Waals surface area contributed by atoms with Crippen molar-refractivity contribution in [2.24, 2.45) is 4.99 Å². The molecule has 10 heteroatoms. The van der Waals surface area contributed by atoms with Gasteiger partial charge in [-0.1, -0.05) is 12.1 Å². The molecule has 4 rings (SSSR count). The van der Waals surface area contributed by atoms with Gasteiger partial charge in [0.15, 0.2) is 11.4 Å². The number of nitrogens with one attached hydrogen (secondary N) is 1. The van der Waals surface area contributed by atoms with Crippen molar-refractivity contribution in [3.63, 3.8) is 0 Å². The smallest absolute Gasteiger partial charge is 0.268 e. The summed E-state index contributed by atoms with van der Waals surface area (Å²) >= 11 is 0. The lowest BCUT2D eigenvalue weighted by Gasteiger charge is -2.35. The van der Waals surface area contributed by atoms with Gasteiger partial charge in [-0.15, -0.1) is 0 Å². The Kier molecular flexibility index (Phi) is 5.62. The second-order valence-corrected chi connectivity index (χ2v) is 8.13. The summed E-state index contributed by atoms with van der Waals surface area (Å²) in [7, 11) is 1.32. The molecular weight excluding hydrogens is 433 g/mol. The first-order valence-corrected chi connectivity index (χ1v) is 10.2. The average Bonchev–Trinajstić information content (AvgIpc) is 2.97. The fourth-order valence-corrected chi connectivity index (χ4v) is 4.05. The van der Waals surface area contributed by atoms with E-state index in [1.54, 1.807) is 12.1 Å². The maximum Gasteiger partial charge on any atom is 0.268 e. The molecule has 2 aliphatic heterocycles. The number of ketones is 1. The summed E-state index contributed by atoms with van der Waals surface area (Å²) in [5, 5.41) is 22.7. The number of aliphatic hydroxyl groups is 1. The molecule has 3 N–H and O–H groups in total. The number of hydrogen-bond acceptors (Lipinski definition) is 7. The predicted molar refractivity (Wildman–Crippen MR) is 114 cm³/mol. The van der Waals surface area contributed by atoms with Gasteiger partial charge in [-0.2, -0.15) is 0 Å². The van der Waals surface area contributed by atoms with E-state index in [0.717, 1.165) is 5.56 Å². The number of halogens is 1. The number of ether oxygens (including phenoxy) is 1. The summed E-state index contributed by atoms with van der Waals surface area (Å²) in [5.41, 5.74) is -1.38. The standard InChI is InChI=1S/C23H22FN3O6/c1-23(16(29)10-28)11-27-19-15(33-23)8-13(7-12-3-5-14(24)6-4-12)9-26-18(19)20(30)17(22(27)32)21(31)25-2/h3-6,9,28,30H,7-8,10-11H2,1-2H3,(H,25,31)/t23-/m0/s1. The second kappa shape index (κ2) is 8.28. The molecule has 1 aromatic heterocycles. The Balaban J connectivity index is 1.95. The van der Waals surface area contributed by atoms with Gasteiger partial charge in [-0.25, -0.2) is 4.39 Å². The maximum absolute atomic E-state index is 13.3. The molecule has 0 saturated carbocycles. The number of aromatic hydroxyl groups is 1. The van der Waals surface area contributed by atoms with Gasteiger partial charge in [-0.05, 0) is 36.6 Å². The summed E-state index contributed by atoms with van der Waals surface area (Å²) in [4.78, 5) is 42.4. The molecule has 1 atom stereocenters. The van der Waals surface area contributed by atoms with Crippen molar-refractivity contribution in [1.82, 2.24) is 9.88 Å². The largest absolute Gasteiger partial charge is 0.505 e. The number of hydrogen-bond donors (Lipinski definition) is 3. The van der Waals surface area contributed by atoms with Gasteiger partial charge in [0, 0.05) is 19.7 Å². The van der Waals surface area contributed by atoms with Gasteiger partial charge in [-0.3, -0.25) is 23.9 Å². The fourth-order valence-electron chi connectivity index (χ4n) is 4.05. The van der Waals surface area contributed by atoms with Gasteiger partial charge in [0.05, 0.1) is 6.54 Å². The number of aromatic nitrogens is 1. The van der Waals surface area contributed by atoms with Crippen LogP contribution in [0.5, 0.6) is 5.75 Å². The average molecular weight is 455 g/mol. The van der Waals surface area contributed by atoms with Crippen LogP contribution >= 0.6 is 0 Å². The zero-order valence-corrected chi connectivity index (χ0v) is 18.0. The third-order valence-electron chi connectivity index (χ3n) is 5.78. The van der Waals surface area contributed by atoms with Crippen molar-refractivity contribution < 1.29 is 28.9 Å². The van der Waals surface area contributed by atoms with E-state index < -0.39 is 40.8 Å². The number of aliphatic hydroxyl groups excluding tert-OH is 1. The van der Waals surface area contributed by atoms with Crippen molar-refractivity contribution in [2.75, 3.05) is 13.7 Å². The fraction of sp³-hybridized carbons (Fsp3) is 0.304. The number of carbonyl (C=O) groups excluding carboxylic acids is 2. The van der Waals surface area contributed by atoms with E-state index in [9.17, 15) is 29.0 Å². The first kappa shape index (κ1) is 22.4. The Morgan fingerprint density at radius 1 is 1.30 bits per heavy atom. The summed E-state index contributed by atoms with van der Waals surface area (Å²) in [6.45, 7) is 0.374. The van der Waals surface area contributed by atoms with Gasteiger partial charge in [0.25, 0.3) is 11.5 Å². The molecule has 3 heterocycles. The molecule has 172 valence electrons. The van der Waals surface area contributed by atoms with E-state index in [1.807, 2.05) is 0 Å². The van der Waals surface area contributed by atoms with Crippen LogP contribution in [0, 0.1) is 5.82 Å². The topological polar surface area (TPSA) is 130 Å². The number of benzene rings is 1. The van der Waals surface area contributed by atoms with Crippen LogP contribution in [0.3, 0.4) is 0 Å². The summed E-state index contributed by atoms with van der Waals surface area (Å²) < 4.78 is 20.5. The molecule has 0 saturated heterocycles. The molecule has 0 aliphatic carbocycles. The molecular formula is C23H22FN3O6. The van der Waals surface area contributed by atoms with Crippen molar-refractivity contribution in [3.05, 3.63) is 74.0 Å². The molecule has 2 aromatic rings. The molecule has 0 bridgehead atoms. The number of carbonyl (C=O) groups is 2. The highest BCUT2D eigenvalue weighted by molar-refractivity contribution is 5.96. The number of amides is 1. The third kappa shape index (κ3) is 3.82. The van der Waals surface area contributed by atoms with Crippen LogP contribution in [0.1, 0.15) is 29.3 Å². The van der Waals surface area contributed by atoms with Crippen molar-refractivity contribution in [2.45, 2.75) is 31.9 Å². The van der Waals surface area contributed by atoms with Crippen LogP contribution in [0.25, 0.3) is 5.76 Å². The van der Waals surface area contributed by atoms with Crippen LogP contribution in [0.2, 0.25) is 0 Å². The Labute approximate surface area is 187 Å². The molecule has 1 amide bonds. The SMILES string of the molecule is CNC(=O)c1c(O)c2c3n(c1=O)C[C@@](C)(C(=O)CO)OC=3CC(Cc1ccc(F)cc1)=CN=2. The highest BCUT2D eigenvalue weighted by Crippen LogP contribution is 2.28. The Hall–Kier alpha value is -3.79. The van der Waals surface area contributed by atoms with Crippen LogP contribution in [-0.2, 0) is 22.5 Å². The van der Waals surface area contributed by atoms with Crippen LogP contribution < -0.4 is 21.6 Å². The Morgan fingerprint density at radius 2 is 2.00 bits per heavy atom. The summed E-state index contributed by atoms with van der Waals surface area (Å²) in [5.74, 6) is -2.21. The van der Waals surface area contributed by atoms with Gasteiger partial charge in [0.1, 0.15) is 34.5 Å².